The van der Waals surface area contributed by atoms with Crippen molar-refractivity contribution in [1.82, 2.24) is 0 Å². The largest absolute Gasteiger partial charge is 0.481 e. The molecule has 0 bridgehead atoms. The fourth-order valence-corrected chi connectivity index (χ4v) is 3.92. The van der Waals surface area contributed by atoms with Gasteiger partial charge in [-0.2, -0.15) is 0 Å². The molecular weight excluding hydrogens is 328 g/mol. The van der Waals surface area contributed by atoms with Crippen LogP contribution >= 0.6 is 0 Å². The van der Waals surface area contributed by atoms with Crippen LogP contribution in [0.4, 0.5) is 0 Å². The predicted molar refractivity (Wildman–Crippen MR) is 107 cm³/mol. The van der Waals surface area contributed by atoms with Gasteiger partial charge in [0.05, 0.1) is 5.92 Å². The van der Waals surface area contributed by atoms with Crippen LogP contribution in [0, 0.1) is 35.5 Å². The van der Waals surface area contributed by atoms with Gasteiger partial charge in [0.25, 0.3) is 0 Å². The summed E-state index contributed by atoms with van der Waals surface area (Å²) in [5, 5.41) is 17.4. The van der Waals surface area contributed by atoms with Gasteiger partial charge in [0.15, 0.2) is 0 Å². The van der Waals surface area contributed by atoms with E-state index in [-0.39, 0.29) is 11.8 Å². The molecule has 0 aromatic carbocycles. The Morgan fingerprint density at radius 2 is 1.77 bits per heavy atom. The Balaban J connectivity index is 0.000000589. The van der Waals surface area contributed by atoms with Crippen LogP contribution in [0.25, 0.3) is 0 Å². The fraction of sp³-hybridized carbons (Fsp3) is 0.818. The number of hydrogen-bond acceptors (Lipinski definition) is 3. The highest BCUT2D eigenvalue weighted by molar-refractivity contribution is 5.81. The topological polar surface area (TPSA) is 74.6 Å². The number of carboxylic acid groups (broad SMARTS) is 1. The molecule has 3 unspecified atom stereocenters. The van der Waals surface area contributed by atoms with E-state index in [1.807, 2.05) is 27.7 Å². The van der Waals surface area contributed by atoms with Crippen LogP contribution < -0.4 is 0 Å². The van der Waals surface area contributed by atoms with Crippen LogP contribution in [0.1, 0.15) is 73.6 Å². The van der Waals surface area contributed by atoms with E-state index in [4.69, 9.17) is 5.11 Å². The minimum Gasteiger partial charge on any atom is -0.481 e. The summed E-state index contributed by atoms with van der Waals surface area (Å²) in [4.78, 5) is 22.0. The minimum atomic E-state index is -0.706. The Morgan fingerprint density at radius 3 is 2.19 bits per heavy atom. The first kappa shape index (κ1) is 24.8. The van der Waals surface area contributed by atoms with Crippen LogP contribution in [0.5, 0.6) is 0 Å². The van der Waals surface area contributed by atoms with Crippen LogP contribution in [0.3, 0.4) is 0 Å². The van der Waals surface area contributed by atoms with E-state index in [9.17, 15) is 14.7 Å². The summed E-state index contributed by atoms with van der Waals surface area (Å²) < 4.78 is 0. The van der Waals surface area contributed by atoms with Gasteiger partial charge in [0.2, 0.25) is 0 Å². The quantitative estimate of drug-likeness (QED) is 0.673. The number of aliphatic carboxylic acids is 1. The molecule has 0 radical (unpaired) electrons. The van der Waals surface area contributed by atoms with Crippen molar-refractivity contribution < 1.29 is 19.8 Å². The molecule has 0 saturated heterocycles. The third kappa shape index (κ3) is 7.22. The summed E-state index contributed by atoms with van der Waals surface area (Å²) in [7, 11) is 0. The molecule has 2 aliphatic rings. The van der Waals surface area contributed by atoms with E-state index >= 15 is 0 Å². The zero-order valence-electron chi connectivity index (χ0n) is 17.6. The second-order valence-electron chi connectivity index (χ2n) is 7.43. The van der Waals surface area contributed by atoms with E-state index in [1.54, 1.807) is 6.92 Å². The summed E-state index contributed by atoms with van der Waals surface area (Å²) in [6, 6.07) is 0. The Kier molecular flexibility index (Phi) is 12.5. The molecule has 0 aliphatic heterocycles. The normalized spacial score (nSPS) is 30.7. The number of ketones is 1. The Hall–Kier alpha value is -1.16. The van der Waals surface area contributed by atoms with Gasteiger partial charge >= 0.3 is 5.97 Å². The number of aliphatic hydroxyl groups is 1. The Morgan fingerprint density at radius 1 is 1.15 bits per heavy atom. The van der Waals surface area contributed by atoms with E-state index in [2.05, 4.69) is 19.1 Å². The first-order chi connectivity index (χ1) is 12.3. The van der Waals surface area contributed by atoms with E-state index < -0.39 is 5.97 Å². The first-order valence-electron chi connectivity index (χ1n) is 10.4. The molecule has 2 aliphatic carbocycles. The molecule has 0 aromatic heterocycles. The summed E-state index contributed by atoms with van der Waals surface area (Å²) in [5.41, 5.74) is 0. The maximum absolute atomic E-state index is 12.1. The lowest BCUT2D eigenvalue weighted by atomic mass is 9.62. The zero-order chi connectivity index (χ0) is 20.3. The second kappa shape index (κ2) is 13.1. The standard InChI is InChI=1S/C15H24O2.C5H10O2.C2H6/c1-3-14(17)15-10(2)4-6-12-8-11(9-16)5-7-13(12)15;1-3-4(2)5(6)7;1-2/h4,6,10-13,15-16H,3,5,7-9H2,1-2H3;4H,3H2,1-2H3,(H,6,7);1-2H3/t10-,11+,12?,13?,15?;4-;/m00./s1. The van der Waals surface area contributed by atoms with Gasteiger partial charge in [-0.1, -0.05) is 53.7 Å². The molecule has 4 nitrogen and oxygen atoms in total. The molecule has 4 heteroatoms. The average Bonchev–Trinajstić information content (AvgIpc) is 2.68. The van der Waals surface area contributed by atoms with Gasteiger partial charge in [-0.25, -0.2) is 0 Å². The van der Waals surface area contributed by atoms with Crippen molar-refractivity contribution in [3.05, 3.63) is 12.2 Å². The number of Topliss-reactive ketones (excluding diaryl/α,β-unsaturated/α-hetero) is 1. The molecular formula is C22H40O4. The van der Waals surface area contributed by atoms with Gasteiger partial charge < -0.3 is 10.2 Å². The molecule has 1 saturated carbocycles. The third-order valence-corrected chi connectivity index (χ3v) is 5.77. The summed E-state index contributed by atoms with van der Waals surface area (Å²) >= 11 is 0. The number of aliphatic hydroxyl groups excluding tert-OH is 1. The van der Waals surface area contributed by atoms with Gasteiger partial charge in [0, 0.05) is 18.9 Å². The Labute approximate surface area is 160 Å². The van der Waals surface area contributed by atoms with E-state index in [0.717, 1.165) is 25.7 Å². The highest BCUT2D eigenvalue weighted by atomic mass is 16.4. The molecule has 0 amide bonds. The van der Waals surface area contributed by atoms with Crippen molar-refractivity contribution >= 4 is 11.8 Å². The van der Waals surface area contributed by atoms with Gasteiger partial charge in [0.1, 0.15) is 5.78 Å². The lowest BCUT2D eigenvalue weighted by Gasteiger charge is -2.42. The summed E-state index contributed by atoms with van der Waals surface area (Å²) in [5.74, 6) is 1.68. The highest BCUT2D eigenvalue weighted by Crippen LogP contribution is 2.45. The van der Waals surface area contributed by atoms with Gasteiger partial charge in [-0.3, -0.25) is 9.59 Å². The van der Waals surface area contributed by atoms with Crippen LogP contribution in [-0.2, 0) is 9.59 Å². The molecule has 152 valence electrons. The number of carbonyl (C=O) groups excluding carboxylic acids is 1. The Bertz CT molecular complexity index is 443. The van der Waals surface area contributed by atoms with Crippen molar-refractivity contribution in [2.75, 3.05) is 6.61 Å². The predicted octanol–water partition coefficient (Wildman–Crippen LogP) is 4.96. The molecule has 6 atom stereocenters. The minimum absolute atomic E-state index is 0.181. The zero-order valence-corrected chi connectivity index (χ0v) is 17.6. The number of carbonyl (C=O) groups is 2. The molecule has 0 aromatic rings. The number of carboxylic acids is 1. The highest BCUT2D eigenvalue weighted by Gasteiger charge is 2.40. The molecule has 26 heavy (non-hydrogen) atoms. The number of hydrogen-bond donors (Lipinski definition) is 2. The van der Waals surface area contributed by atoms with Crippen molar-refractivity contribution in [2.24, 2.45) is 35.5 Å². The smallest absolute Gasteiger partial charge is 0.306 e. The van der Waals surface area contributed by atoms with E-state index in [1.165, 1.54) is 0 Å². The average molecular weight is 369 g/mol. The van der Waals surface area contributed by atoms with Crippen molar-refractivity contribution in [2.45, 2.75) is 73.6 Å². The molecule has 1 fully saturated rings. The first-order valence-corrected chi connectivity index (χ1v) is 10.4. The van der Waals surface area contributed by atoms with Crippen LogP contribution in [-0.4, -0.2) is 28.6 Å². The SMILES string of the molecule is CC.CCC(=O)C1C2CC[C@@H](CO)CC2C=C[C@@H]1C.CC[C@H](C)C(=O)O. The maximum atomic E-state index is 12.1. The molecule has 0 spiro atoms. The molecule has 2 rings (SSSR count). The van der Waals surface area contributed by atoms with Crippen molar-refractivity contribution in [1.29, 1.82) is 0 Å². The van der Waals surface area contributed by atoms with Gasteiger partial charge in [-0.05, 0) is 49.4 Å². The van der Waals surface area contributed by atoms with Crippen molar-refractivity contribution in [3.63, 3.8) is 0 Å². The number of rotatable bonds is 5. The van der Waals surface area contributed by atoms with Crippen LogP contribution in [0.2, 0.25) is 0 Å². The fourth-order valence-electron chi connectivity index (χ4n) is 3.92. The third-order valence-electron chi connectivity index (χ3n) is 5.77. The molecule has 0 heterocycles. The van der Waals surface area contributed by atoms with Crippen LogP contribution in [0.15, 0.2) is 12.2 Å². The number of allylic oxidation sites excluding steroid dienone is 2. The monoisotopic (exact) mass is 368 g/mol. The van der Waals surface area contributed by atoms with Crippen molar-refractivity contribution in [3.8, 4) is 0 Å². The van der Waals surface area contributed by atoms with Gasteiger partial charge in [-0.15, -0.1) is 0 Å². The lowest BCUT2D eigenvalue weighted by molar-refractivity contribution is -0.141. The molecule has 2 N–H and O–H groups in total. The number of fused-ring (bicyclic) bond motifs is 1. The lowest BCUT2D eigenvalue weighted by Crippen LogP contribution is -2.39. The summed E-state index contributed by atoms with van der Waals surface area (Å²) in [6.07, 6.45) is 9.17. The van der Waals surface area contributed by atoms with E-state index in [0.29, 0.717) is 42.5 Å². The second-order valence-corrected chi connectivity index (χ2v) is 7.43. The maximum Gasteiger partial charge on any atom is 0.306 e. The summed E-state index contributed by atoms with van der Waals surface area (Å²) in [6.45, 7) is 12.0.